The van der Waals surface area contributed by atoms with Gasteiger partial charge in [0.1, 0.15) is 0 Å². The Morgan fingerprint density at radius 3 is 2.96 bits per heavy atom. The smallest absolute Gasteiger partial charge is 0.165 e. The summed E-state index contributed by atoms with van der Waals surface area (Å²) in [5.41, 5.74) is 2.58. The second-order valence-corrected chi connectivity index (χ2v) is 5.43. The summed E-state index contributed by atoms with van der Waals surface area (Å²) < 4.78 is 19.1. The van der Waals surface area contributed by atoms with E-state index >= 15 is 0 Å². The highest BCUT2D eigenvalue weighted by atomic mass is 19.1. The molecule has 23 heavy (non-hydrogen) atoms. The van der Waals surface area contributed by atoms with Gasteiger partial charge in [0.25, 0.3) is 0 Å². The molecule has 118 valence electrons. The zero-order valence-electron chi connectivity index (χ0n) is 12.7. The summed E-state index contributed by atoms with van der Waals surface area (Å²) in [6.45, 7) is 0.663. The number of aromatic hydroxyl groups is 1. The van der Waals surface area contributed by atoms with Crippen molar-refractivity contribution in [3.63, 3.8) is 0 Å². The van der Waals surface area contributed by atoms with Gasteiger partial charge in [-0.3, -0.25) is 4.98 Å². The average Bonchev–Trinajstić information content (AvgIpc) is 3.09. The van der Waals surface area contributed by atoms with Gasteiger partial charge in [0.05, 0.1) is 18.4 Å². The molecule has 1 aliphatic heterocycles. The Morgan fingerprint density at radius 2 is 2.26 bits per heavy atom. The number of hydrogen-bond donors (Lipinski definition) is 1. The molecule has 4 heteroatoms. The molecule has 0 bridgehead atoms. The highest BCUT2D eigenvalue weighted by Gasteiger charge is 2.12. The Bertz CT molecular complexity index is 725. The van der Waals surface area contributed by atoms with E-state index in [2.05, 4.69) is 11.1 Å². The molecule has 0 aliphatic carbocycles. The van der Waals surface area contributed by atoms with E-state index in [9.17, 15) is 9.50 Å². The zero-order chi connectivity index (χ0) is 16.1. The van der Waals surface area contributed by atoms with Crippen molar-refractivity contribution in [1.29, 1.82) is 0 Å². The van der Waals surface area contributed by atoms with Crippen molar-refractivity contribution in [3.8, 4) is 5.75 Å². The number of halogens is 1. The SMILES string of the molecule is Oc1ccc(/C=C(/CC[C@@H]2C=CCO2)c2ccccn2)cc1F. The van der Waals surface area contributed by atoms with Crippen LogP contribution in [0.5, 0.6) is 5.75 Å². The summed E-state index contributed by atoms with van der Waals surface area (Å²) in [5.74, 6) is -0.966. The van der Waals surface area contributed by atoms with E-state index in [0.717, 1.165) is 24.1 Å². The molecule has 1 atom stereocenters. The molecule has 0 spiro atoms. The zero-order valence-corrected chi connectivity index (χ0v) is 12.7. The first-order chi connectivity index (χ1) is 11.2. The Balaban J connectivity index is 1.85. The van der Waals surface area contributed by atoms with E-state index < -0.39 is 5.82 Å². The summed E-state index contributed by atoms with van der Waals surface area (Å²) in [6.07, 6.45) is 9.48. The minimum absolute atomic E-state index is 0.124. The fourth-order valence-electron chi connectivity index (χ4n) is 2.56. The lowest BCUT2D eigenvalue weighted by Gasteiger charge is -2.11. The van der Waals surface area contributed by atoms with Crippen molar-refractivity contribution in [1.82, 2.24) is 4.98 Å². The maximum Gasteiger partial charge on any atom is 0.165 e. The van der Waals surface area contributed by atoms with Crippen LogP contribution in [0.1, 0.15) is 24.1 Å². The van der Waals surface area contributed by atoms with Crippen LogP contribution in [-0.4, -0.2) is 22.8 Å². The van der Waals surface area contributed by atoms with E-state index in [1.165, 1.54) is 12.1 Å². The van der Waals surface area contributed by atoms with Crippen LogP contribution in [-0.2, 0) is 4.74 Å². The number of hydrogen-bond acceptors (Lipinski definition) is 3. The second-order valence-electron chi connectivity index (χ2n) is 5.43. The van der Waals surface area contributed by atoms with E-state index in [1.807, 2.05) is 30.4 Å². The van der Waals surface area contributed by atoms with Gasteiger partial charge in [-0.05, 0) is 54.3 Å². The maximum absolute atomic E-state index is 13.5. The van der Waals surface area contributed by atoms with Crippen LogP contribution in [0.25, 0.3) is 11.6 Å². The Morgan fingerprint density at radius 1 is 1.35 bits per heavy atom. The van der Waals surface area contributed by atoms with Gasteiger partial charge in [0.15, 0.2) is 11.6 Å². The number of phenols is 1. The van der Waals surface area contributed by atoms with E-state index in [0.29, 0.717) is 12.2 Å². The molecule has 0 amide bonds. The van der Waals surface area contributed by atoms with Crippen LogP contribution < -0.4 is 0 Å². The lowest BCUT2D eigenvalue weighted by molar-refractivity contribution is 0.123. The van der Waals surface area contributed by atoms with Crippen molar-refractivity contribution in [2.45, 2.75) is 18.9 Å². The Kier molecular flexibility index (Phi) is 4.83. The molecular formula is C19H18FNO2. The first-order valence-corrected chi connectivity index (χ1v) is 7.61. The second kappa shape index (κ2) is 7.20. The van der Waals surface area contributed by atoms with E-state index in [-0.39, 0.29) is 11.9 Å². The largest absolute Gasteiger partial charge is 0.505 e. The average molecular weight is 311 g/mol. The van der Waals surface area contributed by atoms with Crippen LogP contribution in [0.4, 0.5) is 4.39 Å². The molecule has 1 aliphatic rings. The number of nitrogens with zero attached hydrogens (tertiary/aromatic N) is 1. The van der Waals surface area contributed by atoms with Gasteiger partial charge in [-0.2, -0.15) is 0 Å². The number of rotatable bonds is 5. The summed E-state index contributed by atoms with van der Waals surface area (Å²) >= 11 is 0. The minimum Gasteiger partial charge on any atom is -0.505 e. The molecule has 2 aromatic rings. The molecular weight excluding hydrogens is 293 g/mol. The lowest BCUT2D eigenvalue weighted by Crippen LogP contribution is -2.04. The summed E-state index contributed by atoms with van der Waals surface area (Å²) in [7, 11) is 0. The minimum atomic E-state index is -0.624. The summed E-state index contributed by atoms with van der Waals surface area (Å²) in [4.78, 5) is 4.39. The van der Waals surface area contributed by atoms with Gasteiger partial charge in [-0.15, -0.1) is 0 Å². The standard InChI is InChI=1S/C19H18FNO2/c20-17-13-14(6-9-19(17)22)12-15(18-5-1-2-10-21-18)7-8-16-4-3-11-23-16/h1-6,9-10,12-13,16,22H,7-8,11H2/b15-12-/t16-/m0/s1. The molecule has 0 fully saturated rings. The van der Waals surface area contributed by atoms with Crippen LogP contribution in [0, 0.1) is 5.82 Å². The van der Waals surface area contributed by atoms with Crippen LogP contribution in [0.2, 0.25) is 0 Å². The van der Waals surface area contributed by atoms with Crippen LogP contribution >= 0.6 is 0 Å². The maximum atomic E-state index is 13.5. The molecule has 0 saturated carbocycles. The molecule has 1 aromatic carbocycles. The van der Waals surface area contributed by atoms with Gasteiger partial charge < -0.3 is 9.84 Å². The quantitative estimate of drug-likeness (QED) is 0.841. The third kappa shape index (κ3) is 4.05. The van der Waals surface area contributed by atoms with Gasteiger partial charge in [0.2, 0.25) is 0 Å². The molecule has 1 N–H and O–H groups in total. The number of benzene rings is 1. The Labute approximate surface area is 134 Å². The fraction of sp³-hybridized carbons (Fsp3) is 0.211. The lowest BCUT2D eigenvalue weighted by atomic mass is 10.0. The van der Waals surface area contributed by atoms with Gasteiger partial charge in [-0.25, -0.2) is 4.39 Å². The molecule has 0 unspecified atom stereocenters. The van der Waals surface area contributed by atoms with E-state index in [4.69, 9.17) is 4.74 Å². The van der Waals surface area contributed by atoms with Crippen molar-refractivity contribution < 1.29 is 14.2 Å². The van der Waals surface area contributed by atoms with Crippen molar-refractivity contribution in [2.75, 3.05) is 6.61 Å². The first-order valence-electron chi connectivity index (χ1n) is 7.61. The van der Waals surface area contributed by atoms with Crippen LogP contribution in [0.3, 0.4) is 0 Å². The van der Waals surface area contributed by atoms with Crippen molar-refractivity contribution in [2.24, 2.45) is 0 Å². The normalized spacial score (nSPS) is 17.6. The number of ether oxygens (including phenoxy) is 1. The third-order valence-corrected chi connectivity index (χ3v) is 3.76. The topological polar surface area (TPSA) is 42.4 Å². The fourth-order valence-corrected chi connectivity index (χ4v) is 2.56. The Hall–Kier alpha value is -2.46. The third-order valence-electron chi connectivity index (χ3n) is 3.76. The molecule has 1 aromatic heterocycles. The number of aromatic nitrogens is 1. The predicted octanol–water partition coefficient (Wildman–Crippen LogP) is 4.20. The number of phenolic OH excluding ortho intramolecular Hbond substituents is 1. The summed E-state index contributed by atoms with van der Waals surface area (Å²) in [6, 6.07) is 10.1. The molecule has 2 heterocycles. The predicted molar refractivity (Wildman–Crippen MR) is 88.3 cm³/mol. The van der Waals surface area contributed by atoms with E-state index in [1.54, 1.807) is 12.3 Å². The molecule has 3 rings (SSSR count). The highest BCUT2D eigenvalue weighted by Crippen LogP contribution is 2.25. The number of allylic oxidation sites excluding steroid dienone is 1. The van der Waals surface area contributed by atoms with Crippen LogP contribution in [0.15, 0.2) is 54.7 Å². The van der Waals surface area contributed by atoms with Gasteiger partial charge in [-0.1, -0.05) is 24.3 Å². The molecule has 3 nitrogen and oxygen atoms in total. The number of pyridine rings is 1. The molecule has 0 radical (unpaired) electrons. The van der Waals surface area contributed by atoms with Gasteiger partial charge >= 0.3 is 0 Å². The van der Waals surface area contributed by atoms with Crippen molar-refractivity contribution >= 4 is 11.6 Å². The monoisotopic (exact) mass is 311 g/mol. The molecule has 0 saturated heterocycles. The first kappa shape index (κ1) is 15.4. The highest BCUT2D eigenvalue weighted by molar-refractivity contribution is 5.80. The summed E-state index contributed by atoms with van der Waals surface area (Å²) in [5, 5.41) is 9.31. The van der Waals surface area contributed by atoms with Gasteiger partial charge in [0, 0.05) is 6.20 Å². The van der Waals surface area contributed by atoms with Crippen molar-refractivity contribution in [3.05, 3.63) is 71.8 Å².